The first-order valence-corrected chi connectivity index (χ1v) is 8.78. The van der Waals surface area contributed by atoms with Gasteiger partial charge in [-0.05, 0) is 48.5 Å². The van der Waals surface area contributed by atoms with Gasteiger partial charge in [-0.3, -0.25) is 0 Å². The van der Waals surface area contributed by atoms with Crippen molar-refractivity contribution in [2.24, 2.45) is 0 Å². The van der Waals surface area contributed by atoms with Crippen molar-refractivity contribution >= 4 is 23.1 Å². The van der Waals surface area contributed by atoms with Gasteiger partial charge in [0, 0.05) is 43.8 Å². The number of hydrogen-bond acceptors (Lipinski definition) is 5. The Morgan fingerprint density at radius 3 is 2.30 bits per heavy atom. The molecule has 5 nitrogen and oxygen atoms in total. The van der Waals surface area contributed by atoms with Crippen molar-refractivity contribution in [2.45, 2.75) is 0 Å². The zero-order valence-corrected chi connectivity index (χ0v) is 14.6. The lowest BCUT2D eigenvalue weighted by atomic mass is 10.2. The first-order chi connectivity index (χ1) is 13.2. The maximum atomic E-state index is 13.3. The summed E-state index contributed by atoms with van der Waals surface area (Å²) in [5, 5.41) is 3.10. The van der Waals surface area contributed by atoms with E-state index in [9.17, 15) is 8.78 Å². The van der Waals surface area contributed by atoms with Crippen LogP contribution >= 0.6 is 0 Å². The van der Waals surface area contributed by atoms with Gasteiger partial charge in [-0.25, -0.2) is 13.8 Å². The molecule has 0 saturated carbocycles. The molecule has 3 aromatic rings. The Morgan fingerprint density at radius 2 is 1.56 bits per heavy atom. The number of benzene rings is 2. The van der Waals surface area contributed by atoms with Gasteiger partial charge in [-0.1, -0.05) is 6.07 Å². The molecule has 4 rings (SSSR count). The highest BCUT2D eigenvalue weighted by molar-refractivity contribution is 5.57. The van der Waals surface area contributed by atoms with E-state index in [0.717, 1.165) is 31.9 Å². The molecule has 0 spiro atoms. The predicted octanol–water partition coefficient (Wildman–Crippen LogP) is 3.83. The lowest BCUT2D eigenvalue weighted by Gasteiger charge is -2.36. The molecule has 1 aliphatic heterocycles. The third-order valence-corrected chi connectivity index (χ3v) is 4.49. The standard InChI is InChI=1S/C20H19F2N5/c21-15-4-6-18(7-5-15)26-10-12-27(13-11-26)20-23-9-8-19(25-20)24-17-3-1-2-16(22)14-17/h1-9,14H,10-13H2,(H,23,24,25). The van der Waals surface area contributed by atoms with Gasteiger partial charge < -0.3 is 15.1 Å². The summed E-state index contributed by atoms with van der Waals surface area (Å²) in [7, 11) is 0. The summed E-state index contributed by atoms with van der Waals surface area (Å²) in [6.07, 6.45) is 1.69. The quantitative estimate of drug-likeness (QED) is 0.759. The second kappa shape index (κ2) is 7.57. The molecule has 1 aliphatic rings. The van der Waals surface area contributed by atoms with Crippen LogP contribution in [0.3, 0.4) is 0 Å². The SMILES string of the molecule is Fc1ccc(N2CCN(c3nccc(Nc4cccc(F)c4)n3)CC2)cc1. The number of rotatable bonds is 4. The molecule has 1 aromatic heterocycles. The molecule has 0 bridgehead atoms. The van der Waals surface area contributed by atoms with E-state index in [4.69, 9.17) is 0 Å². The fourth-order valence-corrected chi connectivity index (χ4v) is 3.10. The third kappa shape index (κ3) is 4.13. The van der Waals surface area contributed by atoms with Crippen molar-refractivity contribution in [2.75, 3.05) is 41.3 Å². The fraction of sp³-hybridized carbons (Fsp3) is 0.200. The lowest BCUT2D eigenvalue weighted by Crippen LogP contribution is -2.47. The van der Waals surface area contributed by atoms with Crippen LogP contribution in [0.5, 0.6) is 0 Å². The van der Waals surface area contributed by atoms with E-state index in [-0.39, 0.29) is 11.6 Å². The molecule has 7 heteroatoms. The molecular formula is C20H19F2N5. The smallest absolute Gasteiger partial charge is 0.227 e. The summed E-state index contributed by atoms with van der Waals surface area (Å²) in [6.45, 7) is 3.13. The van der Waals surface area contributed by atoms with Gasteiger partial charge >= 0.3 is 0 Å². The molecule has 0 atom stereocenters. The van der Waals surface area contributed by atoms with Crippen molar-refractivity contribution in [3.63, 3.8) is 0 Å². The first-order valence-electron chi connectivity index (χ1n) is 8.78. The monoisotopic (exact) mass is 367 g/mol. The Labute approximate surface area is 156 Å². The van der Waals surface area contributed by atoms with Crippen LogP contribution in [0.2, 0.25) is 0 Å². The second-order valence-electron chi connectivity index (χ2n) is 6.33. The van der Waals surface area contributed by atoms with Crippen LogP contribution in [0.4, 0.5) is 31.9 Å². The second-order valence-corrected chi connectivity index (χ2v) is 6.33. The molecule has 0 amide bonds. The highest BCUT2D eigenvalue weighted by Gasteiger charge is 2.19. The zero-order valence-electron chi connectivity index (χ0n) is 14.6. The van der Waals surface area contributed by atoms with Crippen molar-refractivity contribution in [3.8, 4) is 0 Å². The fourth-order valence-electron chi connectivity index (χ4n) is 3.10. The molecule has 0 aliphatic carbocycles. The molecule has 2 heterocycles. The Bertz CT molecular complexity index is 908. The summed E-state index contributed by atoms with van der Waals surface area (Å²) < 4.78 is 26.4. The van der Waals surface area contributed by atoms with Crippen molar-refractivity contribution in [1.29, 1.82) is 0 Å². The van der Waals surface area contributed by atoms with E-state index in [2.05, 4.69) is 25.1 Å². The van der Waals surface area contributed by atoms with Gasteiger partial charge in [-0.15, -0.1) is 0 Å². The molecule has 0 radical (unpaired) electrons. The highest BCUT2D eigenvalue weighted by Crippen LogP contribution is 2.21. The Hall–Kier alpha value is -3.22. The number of hydrogen-bond donors (Lipinski definition) is 1. The Balaban J connectivity index is 1.42. The molecule has 2 aromatic carbocycles. The third-order valence-electron chi connectivity index (χ3n) is 4.49. The Morgan fingerprint density at radius 1 is 0.815 bits per heavy atom. The Kier molecular flexibility index (Phi) is 4.82. The van der Waals surface area contributed by atoms with E-state index < -0.39 is 0 Å². The summed E-state index contributed by atoms with van der Waals surface area (Å²) in [6, 6.07) is 14.6. The summed E-state index contributed by atoms with van der Waals surface area (Å²) in [5.41, 5.74) is 1.65. The number of anilines is 4. The van der Waals surface area contributed by atoms with Crippen LogP contribution in [-0.4, -0.2) is 36.1 Å². The van der Waals surface area contributed by atoms with Crippen LogP contribution < -0.4 is 15.1 Å². The number of piperazine rings is 1. The largest absolute Gasteiger partial charge is 0.368 e. The molecule has 1 fully saturated rings. The topological polar surface area (TPSA) is 44.3 Å². The molecular weight excluding hydrogens is 348 g/mol. The van der Waals surface area contributed by atoms with Gasteiger partial charge in [-0.2, -0.15) is 4.98 Å². The number of aromatic nitrogens is 2. The predicted molar refractivity (Wildman–Crippen MR) is 103 cm³/mol. The van der Waals surface area contributed by atoms with Crippen molar-refractivity contribution in [3.05, 3.63) is 72.4 Å². The highest BCUT2D eigenvalue weighted by atomic mass is 19.1. The number of nitrogens with zero attached hydrogens (tertiary/aromatic N) is 4. The number of nitrogens with one attached hydrogen (secondary N) is 1. The van der Waals surface area contributed by atoms with Crippen molar-refractivity contribution in [1.82, 2.24) is 9.97 Å². The van der Waals surface area contributed by atoms with Crippen LogP contribution in [-0.2, 0) is 0 Å². The molecule has 1 saturated heterocycles. The van der Waals surface area contributed by atoms with Crippen molar-refractivity contribution < 1.29 is 8.78 Å². The van der Waals surface area contributed by atoms with E-state index in [1.807, 2.05) is 0 Å². The number of halogens is 2. The molecule has 138 valence electrons. The van der Waals surface area contributed by atoms with E-state index in [0.29, 0.717) is 17.5 Å². The van der Waals surface area contributed by atoms with Gasteiger partial charge in [0.2, 0.25) is 5.95 Å². The normalized spacial score (nSPS) is 14.3. The average molecular weight is 367 g/mol. The minimum Gasteiger partial charge on any atom is -0.368 e. The van der Waals surface area contributed by atoms with Crippen LogP contribution in [0.1, 0.15) is 0 Å². The minimum atomic E-state index is -0.300. The maximum absolute atomic E-state index is 13.3. The average Bonchev–Trinajstić information content (AvgIpc) is 2.69. The van der Waals surface area contributed by atoms with Gasteiger partial charge in [0.05, 0.1) is 0 Å². The molecule has 27 heavy (non-hydrogen) atoms. The van der Waals surface area contributed by atoms with Crippen LogP contribution in [0, 0.1) is 11.6 Å². The minimum absolute atomic E-state index is 0.228. The van der Waals surface area contributed by atoms with Gasteiger partial charge in [0.1, 0.15) is 17.5 Å². The molecule has 1 N–H and O–H groups in total. The first kappa shape index (κ1) is 17.2. The van der Waals surface area contributed by atoms with E-state index in [1.54, 1.807) is 36.5 Å². The van der Waals surface area contributed by atoms with E-state index in [1.165, 1.54) is 24.3 Å². The zero-order chi connectivity index (χ0) is 18.6. The van der Waals surface area contributed by atoms with Gasteiger partial charge in [0.15, 0.2) is 0 Å². The van der Waals surface area contributed by atoms with Crippen LogP contribution in [0.25, 0.3) is 0 Å². The summed E-state index contributed by atoms with van der Waals surface area (Å²) in [5.74, 6) is 0.723. The lowest BCUT2D eigenvalue weighted by molar-refractivity contribution is 0.623. The summed E-state index contributed by atoms with van der Waals surface area (Å²) >= 11 is 0. The maximum Gasteiger partial charge on any atom is 0.227 e. The molecule has 0 unspecified atom stereocenters. The summed E-state index contributed by atoms with van der Waals surface area (Å²) in [4.78, 5) is 13.2. The van der Waals surface area contributed by atoms with E-state index >= 15 is 0 Å². The van der Waals surface area contributed by atoms with Gasteiger partial charge in [0.25, 0.3) is 0 Å². The van der Waals surface area contributed by atoms with Crippen LogP contribution in [0.15, 0.2) is 60.8 Å².